The zero-order valence-electron chi connectivity index (χ0n) is 31.1. The minimum Gasteiger partial charge on any atom is -0.396 e. The molecule has 0 aliphatic carbocycles. The maximum atomic E-state index is 8.67. The van der Waals surface area contributed by atoms with Crippen molar-refractivity contribution in [1.82, 2.24) is 0 Å². The van der Waals surface area contributed by atoms with Crippen molar-refractivity contribution >= 4 is 0 Å². The van der Waals surface area contributed by atoms with Crippen LogP contribution in [0.2, 0.25) is 0 Å². The maximum Gasteiger partial charge on any atom is 0.0700 e. The molecular weight excluding hydrogens is 640 g/mol. The average Bonchev–Trinajstić information content (AvgIpc) is 3.11. The SMILES string of the molecule is COCCOCCCOCCCOCCCOCCCOCCCOCCCOCCCOCCCOCCCOCCCOCCCO. The van der Waals surface area contributed by atoms with Gasteiger partial charge in [-0.3, -0.25) is 0 Å². The molecule has 49 heavy (non-hydrogen) atoms. The average molecular weight is 715 g/mol. The summed E-state index contributed by atoms with van der Waals surface area (Å²) < 4.78 is 66.2. The van der Waals surface area contributed by atoms with Crippen LogP contribution in [0.25, 0.3) is 0 Å². The summed E-state index contributed by atoms with van der Waals surface area (Å²) in [7, 11) is 1.67. The van der Waals surface area contributed by atoms with Crippen LogP contribution in [0, 0.1) is 0 Å². The summed E-state index contributed by atoms with van der Waals surface area (Å²) in [6, 6.07) is 0. The van der Waals surface area contributed by atoms with Crippen LogP contribution in [0.1, 0.15) is 70.6 Å². The van der Waals surface area contributed by atoms with E-state index in [1.807, 2.05) is 0 Å². The molecule has 0 unspecified atom stereocenters. The number of methoxy groups -OCH3 is 1. The van der Waals surface area contributed by atoms with Crippen LogP contribution < -0.4 is 0 Å². The fraction of sp³-hybridized carbons (Fsp3) is 1.00. The molecular formula is C36H74O13. The monoisotopic (exact) mass is 715 g/mol. The molecule has 0 saturated carbocycles. The van der Waals surface area contributed by atoms with E-state index in [9.17, 15) is 0 Å². The zero-order valence-corrected chi connectivity index (χ0v) is 31.1. The van der Waals surface area contributed by atoms with Crippen LogP contribution >= 0.6 is 0 Å². The molecule has 0 amide bonds. The van der Waals surface area contributed by atoms with Crippen molar-refractivity contribution < 1.29 is 61.9 Å². The maximum absolute atomic E-state index is 8.67. The first kappa shape index (κ1) is 48.5. The second-order valence-electron chi connectivity index (χ2n) is 11.3. The van der Waals surface area contributed by atoms with Crippen LogP contribution in [0.3, 0.4) is 0 Å². The van der Waals surface area contributed by atoms with E-state index in [0.717, 1.165) is 84.0 Å². The van der Waals surface area contributed by atoms with Crippen molar-refractivity contribution in [2.75, 3.05) is 166 Å². The Hall–Kier alpha value is -0.520. The number of aliphatic hydroxyl groups excluding tert-OH is 1. The van der Waals surface area contributed by atoms with Crippen molar-refractivity contribution in [3.05, 3.63) is 0 Å². The Kier molecular flexibility index (Phi) is 47.0. The smallest absolute Gasteiger partial charge is 0.0700 e. The Morgan fingerprint density at radius 1 is 0.224 bits per heavy atom. The molecule has 0 atom stereocenters. The Balaban J connectivity index is 3.04. The summed E-state index contributed by atoms with van der Waals surface area (Å²) in [6.07, 6.45) is 9.66. The summed E-state index contributed by atoms with van der Waals surface area (Å²) in [4.78, 5) is 0. The molecule has 13 heteroatoms. The van der Waals surface area contributed by atoms with E-state index >= 15 is 0 Å². The number of hydrogen-bond acceptors (Lipinski definition) is 13. The highest BCUT2D eigenvalue weighted by Crippen LogP contribution is 1.96. The van der Waals surface area contributed by atoms with Gasteiger partial charge in [-0.1, -0.05) is 0 Å². The van der Waals surface area contributed by atoms with Gasteiger partial charge in [-0.15, -0.1) is 0 Å². The lowest BCUT2D eigenvalue weighted by molar-refractivity contribution is 0.0383. The lowest BCUT2D eigenvalue weighted by atomic mass is 10.4. The molecule has 1 N–H and O–H groups in total. The van der Waals surface area contributed by atoms with Crippen molar-refractivity contribution in [1.29, 1.82) is 0 Å². The Morgan fingerprint density at radius 2 is 0.388 bits per heavy atom. The van der Waals surface area contributed by atoms with Crippen molar-refractivity contribution in [3.8, 4) is 0 Å². The summed E-state index contributed by atoms with van der Waals surface area (Å²) in [6.45, 7) is 16.3. The normalized spacial score (nSPS) is 11.6. The number of ether oxygens (including phenoxy) is 12. The van der Waals surface area contributed by atoms with Crippen LogP contribution in [-0.2, 0) is 56.8 Å². The number of hydrogen-bond donors (Lipinski definition) is 1. The summed E-state index contributed by atoms with van der Waals surface area (Å²) >= 11 is 0. The molecule has 0 fully saturated rings. The molecule has 0 aromatic rings. The second kappa shape index (κ2) is 47.5. The van der Waals surface area contributed by atoms with Crippen LogP contribution in [0.4, 0.5) is 0 Å². The third kappa shape index (κ3) is 47.5. The Morgan fingerprint density at radius 3 is 0.551 bits per heavy atom. The molecule has 0 saturated heterocycles. The van der Waals surface area contributed by atoms with Gasteiger partial charge in [-0.25, -0.2) is 0 Å². The molecule has 0 rings (SSSR count). The van der Waals surface area contributed by atoms with Gasteiger partial charge < -0.3 is 61.9 Å². The first-order valence-corrected chi connectivity index (χ1v) is 18.9. The fourth-order valence-corrected chi connectivity index (χ4v) is 4.06. The first-order valence-electron chi connectivity index (χ1n) is 18.9. The zero-order chi connectivity index (χ0) is 35.2. The molecule has 0 heterocycles. The van der Waals surface area contributed by atoms with Crippen LogP contribution in [-0.4, -0.2) is 171 Å². The molecule has 296 valence electrons. The quantitative estimate of drug-likeness (QED) is 0.0910. The highest BCUT2D eigenvalue weighted by Gasteiger charge is 1.98. The molecule has 0 bridgehead atoms. The molecule has 0 radical (unpaired) electrons. The molecule has 13 nitrogen and oxygen atoms in total. The van der Waals surface area contributed by atoms with Gasteiger partial charge in [-0.2, -0.15) is 0 Å². The second-order valence-corrected chi connectivity index (χ2v) is 11.3. The van der Waals surface area contributed by atoms with E-state index in [4.69, 9.17) is 61.9 Å². The van der Waals surface area contributed by atoms with Gasteiger partial charge in [0.1, 0.15) is 0 Å². The minimum absolute atomic E-state index is 0.179. The van der Waals surface area contributed by atoms with E-state index < -0.39 is 0 Å². The van der Waals surface area contributed by atoms with Crippen molar-refractivity contribution in [2.45, 2.75) is 70.6 Å². The highest BCUT2D eigenvalue weighted by molar-refractivity contribution is 4.44. The third-order valence-electron chi connectivity index (χ3n) is 6.65. The lowest BCUT2D eigenvalue weighted by Crippen LogP contribution is -2.09. The van der Waals surface area contributed by atoms with E-state index in [1.165, 1.54) is 0 Å². The molecule has 0 spiro atoms. The summed E-state index contributed by atoms with van der Waals surface area (Å²) in [5, 5.41) is 8.67. The lowest BCUT2D eigenvalue weighted by Gasteiger charge is -2.08. The van der Waals surface area contributed by atoms with E-state index in [0.29, 0.717) is 139 Å². The first-order chi connectivity index (χ1) is 24.4. The van der Waals surface area contributed by atoms with Crippen LogP contribution in [0.5, 0.6) is 0 Å². The van der Waals surface area contributed by atoms with E-state index in [2.05, 4.69) is 0 Å². The number of rotatable bonds is 46. The van der Waals surface area contributed by atoms with Gasteiger partial charge in [0.15, 0.2) is 0 Å². The predicted octanol–water partition coefficient (Wildman–Crippen LogP) is 4.10. The third-order valence-corrected chi connectivity index (χ3v) is 6.65. The minimum atomic E-state index is 0.179. The Bertz CT molecular complexity index is 517. The molecule has 0 aliphatic heterocycles. The van der Waals surface area contributed by atoms with Gasteiger partial charge in [0.2, 0.25) is 0 Å². The van der Waals surface area contributed by atoms with Gasteiger partial charge >= 0.3 is 0 Å². The van der Waals surface area contributed by atoms with Crippen molar-refractivity contribution in [3.63, 3.8) is 0 Å². The Labute approximate surface area is 298 Å². The summed E-state index contributed by atoms with van der Waals surface area (Å²) in [5.41, 5.74) is 0. The largest absolute Gasteiger partial charge is 0.396 e. The van der Waals surface area contributed by atoms with Gasteiger partial charge in [-0.05, 0) is 70.6 Å². The fourth-order valence-electron chi connectivity index (χ4n) is 4.06. The predicted molar refractivity (Wildman–Crippen MR) is 189 cm³/mol. The number of aliphatic hydroxyl groups is 1. The highest BCUT2D eigenvalue weighted by atomic mass is 16.5. The molecule has 0 aromatic carbocycles. The summed E-state index contributed by atoms with van der Waals surface area (Å²) in [5.74, 6) is 0. The van der Waals surface area contributed by atoms with Crippen LogP contribution in [0.15, 0.2) is 0 Å². The van der Waals surface area contributed by atoms with Gasteiger partial charge in [0, 0.05) is 152 Å². The van der Waals surface area contributed by atoms with Gasteiger partial charge in [0.05, 0.1) is 13.2 Å². The van der Waals surface area contributed by atoms with Crippen molar-refractivity contribution in [2.24, 2.45) is 0 Å². The molecule has 0 aliphatic rings. The van der Waals surface area contributed by atoms with E-state index in [-0.39, 0.29) is 6.61 Å². The van der Waals surface area contributed by atoms with Gasteiger partial charge in [0.25, 0.3) is 0 Å². The van der Waals surface area contributed by atoms with E-state index in [1.54, 1.807) is 7.11 Å². The standard InChI is InChI=1S/C36H74O13/c1-38-35-36-49-34-12-33-48-32-11-31-47-30-10-29-46-28-9-27-45-26-8-25-44-24-7-23-43-22-6-21-42-20-5-19-41-18-4-17-40-16-3-15-39-14-2-13-37/h37H,2-36H2,1H3. The molecule has 0 aromatic heterocycles. The topological polar surface area (TPSA) is 131 Å².